The van der Waals surface area contributed by atoms with Gasteiger partial charge in [0, 0.05) is 19.3 Å². The number of nitrogen functional groups attached to an aromatic ring is 1. The Morgan fingerprint density at radius 2 is 2.14 bits per heavy atom. The standard InChI is InChI=1S/C7H12ClN5S/c1-13(3-4-14-2)7-11-5(8)10-6(9)12-7/h3-4H2,1-2H3,(H2,9,10,11,12). The van der Waals surface area contributed by atoms with E-state index >= 15 is 0 Å². The van der Waals surface area contributed by atoms with Gasteiger partial charge in [-0.25, -0.2) is 0 Å². The zero-order valence-corrected chi connectivity index (χ0v) is 9.64. The molecule has 0 atom stereocenters. The van der Waals surface area contributed by atoms with Gasteiger partial charge in [0.1, 0.15) is 0 Å². The number of halogens is 1. The van der Waals surface area contributed by atoms with E-state index in [2.05, 4.69) is 15.0 Å². The molecule has 0 aromatic carbocycles. The van der Waals surface area contributed by atoms with Crippen LogP contribution in [0.25, 0.3) is 0 Å². The summed E-state index contributed by atoms with van der Waals surface area (Å²) >= 11 is 7.41. The fourth-order valence-corrected chi connectivity index (χ4v) is 1.47. The summed E-state index contributed by atoms with van der Waals surface area (Å²) in [5, 5.41) is 0.128. The molecule has 0 aliphatic heterocycles. The molecule has 2 N–H and O–H groups in total. The van der Waals surface area contributed by atoms with Crippen LogP contribution in [0.1, 0.15) is 0 Å². The van der Waals surface area contributed by atoms with Crippen LogP contribution in [0.15, 0.2) is 0 Å². The van der Waals surface area contributed by atoms with E-state index in [0.717, 1.165) is 12.3 Å². The van der Waals surface area contributed by atoms with Crippen molar-refractivity contribution in [1.29, 1.82) is 0 Å². The summed E-state index contributed by atoms with van der Waals surface area (Å²) in [6.45, 7) is 0.848. The summed E-state index contributed by atoms with van der Waals surface area (Å²) in [6.07, 6.45) is 2.04. The van der Waals surface area contributed by atoms with Gasteiger partial charge in [-0.2, -0.15) is 26.7 Å². The molecule has 0 fully saturated rings. The van der Waals surface area contributed by atoms with Crippen LogP contribution in [0, 0.1) is 0 Å². The molecule has 1 aromatic rings. The molecule has 14 heavy (non-hydrogen) atoms. The Morgan fingerprint density at radius 3 is 2.71 bits per heavy atom. The number of aromatic nitrogens is 3. The first-order chi connectivity index (χ1) is 6.63. The minimum absolute atomic E-state index is 0.128. The molecule has 1 aromatic heterocycles. The minimum Gasteiger partial charge on any atom is -0.368 e. The van der Waals surface area contributed by atoms with Gasteiger partial charge >= 0.3 is 0 Å². The predicted molar refractivity (Wildman–Crippen MR) is 60.9 cm³/mol. The second kappa shape index (κ2) is 5.21. The summed E-state index contributed by atoms with van der Waals surface area (Å²) in [6, 6.07) is 0. The summed E-state index contributed by atoms with van der Waals surface area (Å²) in [5.41, 5.74) is 5.45. The Balaban J connectivity index is 2.73. The number of hydrogen-bond acceptors (Lipinski definition) is 6. The summed E-state index contributed by atoms with van der Waals surface area (Å²) in [4.78, 5) is 13.5. The van der Waals surface area contributed by atoms with E-state index in [1.807, 2.05) is 18.2 Å². The number of rotatable bonds is 4. The zero-order chi connectivity index (χ0) is 10.6. The van der Waals surface area contributed by atoms with Crippen molar-refractivity contribution < 1.29 is 0 Å². The van der Waals surface area contributed by atoms with Crippen molar-refractivity contribution in [3.8, 4) is 0 Å². The summed E-state index contributed by atoms with van der Waals surface area (Å²) < 4.78 is 0. The van der Waals surface area contributed by atoms with Crippen molar-refractivity contribution in [3.05, 3.63) is 5.28 Å². The second-order valence-corrected chi connectivity index (χ2v) is 4.00. The average Bonchev–Trinajstić information content (AvgIpc) is 2.12. The Morgan fingerprint density at radius 1 is 1.43 bits per heavy atom. The number of anilines is 2. The van der Waals surface area contributed by atoms with E-state index in [1.54, 1.807) is 11.8 Å². The molecule has 0 aliphatic rings. The molecule has 0 unspecified atom stereocenters. The fraction of sp³-hybridized carbons (Fsp3) is 0.571. The number of nitrogens with zero attached hydrogens (tertiary/aromatic N) is 4. The highest BCUT2D eigenvalue weighted by atomic mass is 35.5. The zero-order valence-electron chi connectivity index (χ0n) is 8.07. The average molecular weight is 234 g/mol. The van der Waals surface area contributed by atoms with Crippen LogP contribution in [0.5, 0.6) is 0 Å². The van der Waals surface area contributed by atoms with E-state index in [4.69, 9.17) is 17.3 Å². The Kier molecular flexibility index (Phi) is 4.21. The predicted octanol–water partition coefficient (Wildman–Crippen LogP) is 0.906. The highest BCUT2D eigenvalue weighted by Crippen LogP contribution is 2.10. The maximum absolute atomic E-state index is 5.65. The molecular weight excluding hydrogens is 222 g/mol. The van der Waals surface area contributed by atoms with Crippen molar-refractivity contribution in [2.75, 3.05) is 36.2 Å². The Labute approximate surface area is 92.1 Å². The van der Waals surface area contributed by atoms with Crippen molar-refractivity contribution in [1.82, 2.24) is 15.0 Å². The van der Waals surface area contributed by atoms with Crippen LogP contribution in [-0.4, -0.2) is 40.6 Å². The van der Waals surface area contributed by atoms with Crippen molar-refractivity contribution in [2.24, 2.45) is 0 Å². The third-order valence-corrected chi connectivity index (χ3v) is 2.35. The first-order valence-electron chi connectivity index (χ1n) is 4.00. The Bertz CT molecular complexity index is 288. The second-order valence-electron chi connectivity index (χ2n) is 2.68. The van der Waals surface area contributed by atoms with Gasteiger partial charge in [0.25, 0.3) is 0 Å². The van der Waals surface area contributed by atoms with Gasteiger partial charge in [-0.15, -0.1) is 0 Å². The highest BCUT2D eigenvalue weighted by Gasteiger charge is 2.06. The first kappa shape index (κ1) is 11.3. The smallest absolute Gasteiger partial charge is 0.231 e. The number of nitrogens with two attached hydrogens (primary N) is 1. The van der Waals surface area contributed by atoms with E-state index in [9.17, 15) is 0 Å². The largest absolute Gasteiger partial charge is 0.368 e. The molecule has 0 aliphatic carbocycles. The van der Waals surface area contributed by atoms with Crippen molar-refractivity contribution in [3.63, 3.8) is 0 Å². The summed E-state index contributed by atoms with van der Waals surface area (Å²) in [5.74, 6) is 1.66. The van der Waals surface area contributed by atoms with Crippen LogP contribution >= 0.6 is 23.4 Å². The molecule has 0 amide bonds. The van der Waals surface area contributed by atoms with Crippen LogP contribution < -0.4 is 10.6 Å². The van der Waals surface area contributed by atoms with E-state index in [-0.39, 0.29) is 11.2 Å². The minimum atomic E-state index is 0.128. The molecule has 7 heteroatoms. The number of hydrogen-bond donors (Lipinski definition) is 1. The van der Waals surface area contributed by atoms with E-state index in [1.165, 1.54) is 0 Å². The van der Waals surface area contributed by atoms with Crippen LogP contribution in [-0.2, 0) is 0 Å². The lowest BCUT2D eigenvalue weighted by atomic mass is 10.6. The number of thioether (sulfide) groups is 1. The maximum Gasteiger partial charge on any atom is 0.231 e. The highest BCUT2D eigenvalue weighted by molar-refractivity contribution is 7.98. The van der Waals surface area contributed by atoms with Gasteiger partial charge in [-0.3, -0.25) is 0 Å². The van der Waals surface area contributed by atoms with Gasteiger partial charge in [0.05, 0.1) is 0 Å². The van der Waals surface area contributed by atoms with Gasteiger partial charge in [0.2, 0.25) is 17.2 Å². The van der Waals surface area contributed by atoms with Gasteiger partial charge in [-0.1, -0.05) is 0 Å². The van der Waals surface area contributed by atoms with Gasteiger partial charge < -0.3 is 10.6 Å². The lowest BCUT2D eigenvalue weighted by Gasteiger charge is -2.15. The van der Waals surface area contributed by atoms with Crippen molar-refractivity contribution in [2.45, 2.75) is 0 Å². The summed E-state index contributed by atoms with van der Waals surface area (Å²) in [7, 11) is 1.89. The topological polar surface area (TPSA) is 67.9 Å². The molecule has 5 nitrogen and oxygen atoms in total. The third-order valence-electron chi connectivity index (χ3n) is 1.59. The van der Waals surface area contributed by atoms with Crippen LogP contribution in [0.2, 0.25) is 5.28 Å². The molecule has 0 radical (unpaired) electrons. The fourth-order valence-electron chi connectivity index (χ4n) is 0.853. The van der Waals surface area contributed by atoms with Crippen LogP contribution in [0.3, 0.4) is 0 Å². The van der Waals surface area contributed by atoms with E-state index in [0.29, 0.717) is 5.95 Å². The van der Waals surface area contributed by atoms with Gasteiger partial charge in [0.15, 0.2) is 0 Å². The van der Waals surface area contributed by atoms with E-state index < -0.39 is 0 Å². The Hall–Kier alpha value is -0.750. The molecule has 0 saturated heterocycles. The monoisotopic (exact) mass is 233 g/mol. The molecule has 78 valence electrons. The molecule has 0 spiro atoms. The molecule has 0 bridgehead atoms. The van der Waals surface area contributed by atoms with Crippen LogP contribution in [0.4, 0.5) is 11.9 Å². The molecule has 0 saturated carbocycles. The van der Waals surface area contributed by atoms with Crippen molar-refractivity contribution >= 4 is 35.3 Å². The molecule has 1 heterocycles. The quantitative estimate of drug-likeness (QED) is 0.834. The SMILES string of the molecule is CSCCN(C)c1nc(N)nc(Cl)n1. The van der Waals surface area contributed by atoms with Gasteiger partial charge in [-0.05, 0) is 17.9 Å². The lowest BCUT2D eigenvalue weighted by Crippen LogP contribution is -2.23. The first-order valence-corrected chi connectivity index (χ1v) is 5.78. The maximum atomic E-state index is 5.65. The lowest BCUT2D eigenvalue weighted by molar-refractivity contribution is 0.893. The third kappa shape index (κ3) is 3.19. The molecular formula is C7H12ClN5S. The normalized spacial score (nSPS) is 10.2. The molecule has 1 rings (SSSR count).